The van der Waals surface area contributed by atoms with E-state index in [1.54, 1.807) is 19.9 Å². The molecule has 1 amide bonds. The summed E-state index contributed by atoms with van der Waals surface area (Å²) in [4.78, 5) is 22.2. The Kier molecular flexibility index (Phi) is 3.49. The van der Waals surface area contributed by atoms with Gasteiger partial charge in [0.1, 0.15) is 6.04 Å². The Morgan fingerprint density at radius 1 is 1.60 bits per heavy atom. The Hall–Kier alpha value is -1.78. The Morgan fingerprint density at radius 2 is 2.27 bits per heavy atom. The van der Waals surface area contributed by atoms with Gasteiger partial charge in [0.2, 0.25) is 0 Å². The van der Waals surface area contributed by atoms with Gasteiger partial charge in [0.05, 0.1) is 6.26 Å². The summed E-state index contributed by atoms with van der Waals surface area (Å²) in [5.41, 5.74) is 0.688. The molecule has 1 rings (SSSR count). The first-order valence-corrected chi connectivity index (χ1v) is 4.64. The third-order valence-electron chi connectivity index (χ3n) is 2.08. The fourth-order valence-corrected chi connectivity index (χ4v) is 1.17. The molecule has 1 heterocycles. The molecule has 5 nitrogen and oxygen atoms in total. The molecule has 1 aromatic heterocycles. The van der Waals surface area contributed by atoms with Gasteiger partial charge in [-0.25, -0.2) is 4.79 Å². The summed E-state index contributed by atoms with van der Waals surface area (Å²) in [6, 6.07) is 0.776. The highest BCUT2D eigenvalue weighted by atomic mass is 16.4. The number of nitrogens with one attached hydrogen (secondary N) is 1. The van der Waals surface area contributed by atoms with E-state index in [-0.39, 0.29) is 5.76 Å². The van der Waals surface area contributed by atoms with E-state index in [4.69, 9.17) is 9.52 Å². The highest BCUT2D eigenvalue weighted by molar-refractivity contribution is 5.95. The predicted molar refractivity (Wildman–Crippen MR) is 52.6 cm³/mol. The Morgan fingerprint density at radius 3 is 2.67 bits per heavy atom. The quantitative estimate of drug-likeness (QED) is 0.783. The second-order valence-corrected chi connectivity index (χ2v) is 3.21. The van der Waals surface area contributed by atoms with E-state index in [0.29, 0.717) is 12.0 Å². The number of hydrogen-bond donors (Lipinski definition) is 2. The van der Waals surface area contributed by atoms with E-state index in [9.17, 15) is 9.59 Å². The van der Waals surface area contributed by atoms with Gasteiger partial charge in [-0.15, -0.1) is 0 Å². The fourth-order valence-electron chi connectivity index (χ4n) is 1.17. The Bertz CT molecular complexity index is 369. The van der Waals surface area contributed by atoms with Crippen LogP contribution in [0, 0.1) is 6.92 Å². The first kappa shape index (κ1) is 11.3. The summed E-state index contributed by atoms with van der Waals surface area (Å²) in [7, 11) is 0. The zero-order valence-corrected chi connectivity index (χ0v) is 8.61. The summed E-state index contributed by atoms with van der Waals surface area (Å²) in [5.74, 6) is -1.38. The second kappa shape index (κ2) is 4.63. The molecule has 0 aliphatic carbocycles. The van der Waals surface area contributed by atoms with Crippen LogP contribution < -0.4 is 5.32 Å². The van der Waals surface area contributed by atoms with E-state index >= 15 is 0 Å². The number of carboxylic acids is 1. The van der Waals surface area contributed by atoms with Gasteiger partial charge >= 0.3 is 5.97 Å². The van der Waals surface area contributed by atoms with E-state index in [0.717, 1.165) is 0 Å². The van der Waals surface area contributed by atoms with Crippen LogP contribution in [0.4, 0.5) is 0 Å². The number of aliphatic carboxylic acids is 1. The van der Waals surface area contributed by atoms with E-state index in [1.165, 1.54) is 6.26 Å². The lowest BCUT2D eigenvalue weighted by Gasteiger charge is -2.10. The largest absolute Gasteiger partial charge is 0.480 e. The third kappa shape index (κ3) is 2.59. The van der Waals surface area contributed by atoms with E-state index < -0.39 is 17.9 Å². The van der Waals surface area contributed by atoms with Crippen LogP contribution in [-0.4, -0.2) is 23.0 Å². The molecule has 0 aliphatic rings. The minimum Gasteiger partial charge on any atom is -0.480 e. The molecule has 82 valence electrons. The predicted octanol–water partition coefficient (Wildman–Crippen LogP) is 1.18. The molecule has 0 spiro atoms. The number of amides is 1. The van der Waals surface area contributed by atoms with Crippen LogP contribution in [0.25, 0.3) is 0 Å². The summed E-state index contributed by atoms with van der Waals surface area (Å²) in [6.07, 6.45) is 1.73. The minimum atomic E-state index is -1.05. The van der Waals surface area contributed by atoms with Crippen molar-refractivity contribution in [1.29, 1.82) is 0 Å². The molecule has 0 unspecified atom stereocenters. The topological polar surface area (TPSA) is 79.5 Å². The first-order valence-electron chi connectivity index (χ1n) is 4.64. The lowest BCUT2D eigenvalue weighted by atomic mass is 10.2. The normalized spacial score (nSPS) is 12.1. The SMILES string of the molecule is CC[C@H](NC(=O)c1occc1C)C(=O)O. The summed E-state index contributed by atoms with van der Waals surface area (Å²) in [5, 5.41) is 11.1. The molecule has 0 aliphatic heterocycles. The zero-order chi connectivity index (χ0) is 11.4. The number of carbonyl (C=O) groups is 2. The Balaban J connectivity index is 2.71. The van der Waals surface area contributed by atoms with Crippen molar-refractivity contribution in [3.05, 3.63) is 23.7 Å². The average Bonchev–Trinajstić information content (AvgIpc) is 2.60. The molecule has 0 fully saturated rings. The standard InChI is InChI=1S/C10H13NO4/c1-3-7(10(13)14)11-9(12)8-6(2)4-5-15-8/h4-5,7H,3H2,1-2H3,(H,11,12)(H,13,14)/t7-/m0/s1. The number of carboxylic acid groups (broad SMARTS) is 1. The van der Waals surface area contributed by atoms with Crippen LogP contribution >= 0.6 is 0 Å². The van der Waals surface area contributed by atoms with Gasteiger partial charge < -0.3 is 14.8 Å². The maximum Gasteiger partial charge on any atom is 0.326 e. The van der Waals surface area contributed by atoms with Gasteiger partial charge in [-0.2, -0.15) is 0 Å². The maximum atomic E-state index is 11.5. The molecular weight excluding hydrogens is 198 g/mol. The van der Waals surface area contributed by atoms with Crippen molar-refractivity contribution < 1.29 is 19.1 Å². The summed E-state index contributed by atoms with van der Waals surface area (Å²) < 4.78 is 4.95. The number of hydrogen-bond acceptors (Lipinski definition) is 3. The second-order valence-electron chi connectivity index (χ2n) is 3.21. The zero-order valence-electron chi connectivity index (χ0n) is 8.61. The number of rotatable bonds is 4. The van der Waals surface area contributed by atoms with Gasteiger partial charge in [-0.05, 0) is 19.4 Å². The van der Waals surface area contributed by atoms with Crippen molar-refractivity contribution in [3.8, 4) is 0 Å². The molecule has 2 N–H and O–H groups in total. The van der Waals surface area contributed by atoms with Crippen LogP contribution in [0.2, 0.25) is 0 Å². The van der Waals surface area contributed by atoms with Gasteiger partial charge in [-0.3, -0.25) is 4.79 Å². The van der Waals surface area contributed by atoms with Gasteiger partial charge in [-0.1, -0.05) is 6.92 Å². The molecule has 0 saturated heterocycles. The van der Waals surface area contributed by atoms with Crippen LogP contribution in [0.1, 0.15) is 29.5 Å². The molecule has 0 saturated carbocycles. The van der Waals surface area contributed by atoms with Crippen molar-refractivity contribution in [1.82, 2.24) is 5.32 Å². The maximum absolute atomic E-state index is 11.5. The lowest BCUT2D eigenvalue weighted by molar-refractivity contribution is -0.139. The van der Waals surface area contributed by atoms with Crippen molar-refractivity contribution in [2.24, 2.45) is 0 Å². The highest BCUT2D eigenvalue weighted by Gasteiger charge is 2.20. The molecule has 5 heteroatoms. The molecule has 0 aromatic carbocycles. The number of furan rings is 1. The minimum absolute atomic E-state index is 0.162. The summed E-state index contributed by atoms with van der Waals surface area (Å²) >= 11 is 0. The van der Waals surface area contributed by atoms with Crippen LogP contribution in [0.15, 0.2) is 16.7 Å². The number of carbonyl (C=O) groups excluding carboxylic acids is 1. The van der Waals surface area contributed by atoms with Crippen molar-refractivity contribution in [2.45, 2.75) is 26.3 Å². The van der Waals surface area contributed by atoms with E-state index in [1.807, 2.05) is 0 Å². The van der Waals surface area contributed by atoms with Crippen LogP contribution in [0.3, 0.4) is 0 Å². The highest BCUT2D eigenvalue weighted by Crippen LogP contribution is 2.08. The van der Waals surface area contributed by atoms with Crippen LogP contribution in [0.5, 0.6) is 0 Å². The molecular formula is C10H13NO4. The van der Waals surface area contributed by atoms with Gasteiger partial charge in [0.25, 0.3) is 5.91 Å². The summed E-state index contributed by atoms with van der Waals surface area (Å²) in [6.45, 7) is 3.41. The fraction of sp³-hybridized carbons (Fsp3) is 0.400. The van der Waals surface area contributed by atoms with Crippen molar-refractivity contribution >= 4 is 11.9 Å². The van der Waals surface area contributed by atoms with Crippen LogP contribution in [-0.2, 0) is 4.79 Å². The van der Waals surface area contributed by atoms with Crippen molar-refractivity contribution in [2.75, 3.05) is 0 Å². The van der Waals surface area contributed by atoms with Gasteiger partial charge in [0.15, 0.2) is 5.76 Å². The van der Waals surface area contributed by atoms with Crippen molar-refractivity contribution in [3.63, 3.8) is 0 Å². The monoisotopic (exact) mass is 211 g/mol. The molecule has 15 heavy (non-hydrogen) atoms. The smallest absolute Gasteiger partial charge is 0.326 e. The Labute approximate surface area is 87.1 Å². The molecule has 0 radical (unpaired) electrons. The third-order valence-corrected chi connectivity index (χ3v) is 2.08. The molecule has 1 atom stereocenters. The lowest BCUT2D eigenvalue weighted by Crippen LogP contribution is -2.40. The number of aryl methyl sites for hydroxylation is 1. The van der Waals surface area contributed by atoms with Gasteiger partial charge in [0, 0.05) is 5.56 Å². The molecule has 0 bridgehead atoms. The average molecular weight is 211 g/mol. The first-order chi connectivity index (χ1) is 7.06. The van der Waals surface area contributed by atoms with E-state index in [2.05, 4.69) is 5.32 Å². The molecule has 1 aromatic rings.